The number of rotatable bonds is 0. The van der Waals surface area contributed by atoms with E-state index >= 15 is 0 Å². The van der Waals surface area contributed by atoms with Crippen molar-refractivity contribution < 1.29 is 4.55 Å². The molecule has 0 bridgehead atoms. The normalized spacial score (nSPS) is 39.8. The molecule has 0 aromatic carbocycles. The molecule has 1 rings (SSSR count). The van der Waals surface area contributed by atoms with E-state index in [1.54, 1.807) is 0 Å². The third kappa shape index (κ3) is 1.67. The van der Waals surface area contributed by atoms with Crippen molar-refractivity contribution in [2.45, 2.75) is 19.8 Å². The van der Waals surface area contributed by atoms with Crippen molar-refractivity contribution in [3.05, 3.63) is 0 Å². The van der Waals surface area contributed by atoms with Crippen LogP contribution in [0, 0.1) is 5.92 Å². The maximum absolute atomic E-state index is 10.7. The zero-order valence-electron chi connectivity index (χ0n) is 5.22. The van der Waals surface area contributed by atoms with Crippen molar-refractivity contribution in [3.8, 4) is 0 Å². The molecule has 48 valence electrons. The fourth-order valence-electron chi connectivity index (χ4n) is 0.912. The molecule has 0 unspecified atom stereocenters. The average Bonchev–Trinajstić information content (AvgIpc) is 1.77. The Kier molecular flexibility index (Phi) is 2.20. The molecule has 8 heavy (non-hydrogen) atoms. The molecular weight excluding hydrogens is 120 g/mol. The lowest BCUT2D eigenvalue weighted by Gasteiger charge is -2.20. The molecule has 0 N–H and O–H groups in total. The summed E-state index contributed by atoms with van der Waals surface area (Å²) in [4.78, 5) is 0. The fraction of sp³-hybridized carbons (Fsp3) is 1.00. The summed E-state index contributed by atoms with van der Waals surface area (Å²) in [7, 11) is 0. The highest BCUT2D eigenvalue weighted by Gasteiger charge is 2.17. The lowest BCUT2D eigenvalue weighted by atomic mass is 10.1. The second kappa shape index (κ2) is 2.74. The van der Waals surface area contributed by atoms with Crippen LogP contribution in [0.5, 0.6) is 0 Å². The average molecular weight is 132 g/mol. The Balaban J connectivity index is 2.19. The van der Waals surface area contributed by atoms with Gasteiger partial charge in [-0.05, 0) is 18.8 Å². The second-order valence-corrected chi connectivity index (χ2v) is 4.23. The van der Waals surface area contributed by atoms with Crippen LogP contribution in [-0.2, 0) is 11.2 Å². The number of hydrogen-bond donors (Lipinski definition) is 0. The molecule has 0 atom stereocenters. The molecule has 0 aromatic rings. The van der Waals surface area contributed by atoms with Crippen molar-refractivity contribution in [2.24, 2.45) is 5.92 Å². The molecule has 0 spiro atoms. The van der Waals surface area contributed by atoms with Gasteiger partial charge in [-0.15, -0.1) is 0 Å². The maximum Gasteiger partial charge on any atom is 0.105 e. The molecule has 0 aromatic heterocycles. The Bertz CT molecular complexity index is 56.9. The zero-order valence-corrected chi connectivity index (χ0v) is 6.04. The Labute approximate surface area is 53.7 Å². The minimum absolute atomic E-state index is 0.461. The van der Waals surface area contributed by atoms with Gasteiger partial charge in [0.05, 0.1) is 0 Å². The molecule has 1 aliphatic rings. The summed E-state index contributed by atoms with van der Waals surface area (Å²) in [6.45, 7) is 2.23. The van der Waals surface area contributed by atoms with Crippen LogP contribution in [0.2, 0.25) is 0 Å². The first-order chi connectivity index (χ1) is 3.79. The van der Waals surface area contributed by atoms with Crippen LogP contribution in [-0.4, -0.2) is 16.1 Å². The van der Waals surface area contributed by atoms with E-state index in [1.807, 2.05) is 0 Å². The van der Waals surface area contributed by atoms with Crippen LogP contribution in [0.4, 0.5) is 0 Å². The standard InChI is InChI=1S/C6H12OS/c1-6-2-4-8(7)5-3-6/h6H,2-5H2,1H3/t6-,8+. The third-order valence-corrected chi connectivity index (χ3v) is 3.06. The van der Waals surface area contributed by atoms with E-state index in [2.05, 4.69) is 6.92 Å². The first-order valence-electron chi connectivity index (χ1n) is 3.14. The predicted molar refractivity (Wildman–Crippen MR) is 36.3 cm³/mol. The van der Waals surface area contributed by atoms with Crippen LogP contribution in [0.3, 0.4) is 0 Å². The van der Waals surface area contributed by atoms with Gasteiger partial charge in [-0.1, -0.05) is 18.1 Å². The van der Waals surface area contributed by atoms with E-state index in [0.29, 0.717) is 0 Å². The zero-order chi connectivity index (χ0) is 5.98. The molecular formula is C6H12OS. The van der Waals surface area contributed by atoms with Gasteiger partial charge in [-0.3, -0.25) is 0 Å². The lowest BCUT2D eigenvalue weighted by Crippen LogP contribution is -2.21. The van der Waals surface area contributed by atoms with Crippen LogP contribution in [0.1, 0.15) is 19.8 Å². The molecule has 1 fully saturated rings. The summed E-state index contributed by atoms with van der Waals surface area (Å²) >= 11 is -0.461. The molecule has 1 aliphatic heterocycles. The summed E-state index contributed by atoms with van der Waals surface area (Å²) in [5.74, 6) is 2.72. The summed E-state index contributed by atoms with van der Waals surface area (Å²) in [5.41, 5.74) is 0. The van der Waals surface area contributed by atoms with Gasteiger partial charge in [-0.25, -0.2) is 0 Å². The van der Waals surface area contributed by atoms with E-state index in [9.17, 15) is 4.55 Å². The van der Waals surface area contributed by atoms with Crippen LogP contribution in [0.15, 0.2) is 0 Å². The van der Waals surface area contributed by atoms with E-state index in [-0.39, 0.29) is 0 Å². The monoisotopic (exact) mass is 132 g/mol. The molecule has 1 heterocycles. The van der Waals surface area contributed by atoms with Crippen molar-refractivity contribution in [1.82, 2.24) is 0 Å². The first kappa shape index (κ1) is 6.43. The van der Waals surface area contributed by atoms with E-state index < -0.39 is 11.2 Å². The van der Waals surface area contributed by atoms with E-state index in [4.69, 9.17) is 0 Å². The topological polar surface area (TPSA) is 23.1 Å². The minimum atomic E-state index is -0.461. The van der Waals surface area contributed by atoms with Crippen molar-refractivity contribution in [1.29, 1.82) is 0 Å². The summed E-state index contributed by atoms with van der Waals surface area (Å²) in [5, 5.41) is 0. The quantitative estimate of drug-likeness (QED) is 0.454. The van der Waals surface area contributed by atoms with Gasteiger partial charge in [0.1, 0.15) is 11.5 Å². The Morgan fingerprint density at radius 2 is 1.88 bits per heavy atom. The highest BCUT2D eigenvalue weighted by atomic mass is 32.2. The number of hydrogen-bond acceptors (Lipinski definition) is 1. The molecule has 0 saturated carbocycles. The van der Waals surface area contributed by atoms with Crippen LogP contribution < -0.4 is 0 Å². The van der Waals surface area contributed by atoms with Crippen molar-refractivity contribution in [3.63, 3.8) is 0 Å². The molecule has 1 nitrogen and oxygen atoms in total. The van der Waals surface area contributed by atoms with Gasteiger partial charge in [0.2, 0.25) is 0 Å². The highest BCUT2D eigenvalue weighted by Crippen LogP contribution is 2.16. The summed E-state index contributed by atoms with van der Waals surface area (Å²) in [6, 6.07) is 0. The van der Waals surface area contributed by atoms with E-state index in [0.717, 1.165) is 17.4 Å². The Morgan fingerprint density at radius 1 is 1.38 bits per heavy atom. The van der Waals surface area contributed by atoms with Gasteiger partial charge in [0, 0.05) is 0 Å². The predicted octanol–water partition coefficient (Wildman–Crippen LogP) is 1.17. The summed E-state index contributed by atoms with van der Waals surface area (Å²) < 4.78 is 10.7. The van der Waals surface area contributed by atoms with Gasteiger partial charge >= 0.3 is 0 Å². The Hall–Kier alpha value is 0.310. The largest absolute Gasteiger partial charge is 0.616 e. The summed E-state index contributed by atoms with van der Waals surface area (Å²) in [6.07, 6.45) is 2.35. The van der Waals surface area contributed by atoms with Gasteiger partial charge in [-0.2, -0.15) is 0 Å². The van der Waals surface area contributed by atoms with Crippen molar-refractivity contribution >= 4 is 11.2 Å². The smallest absolute Gasteiger partial charge is 0.105 e. The van der Waals surface area contributed by atoms with E-state index in [1.165, 1.54) is 12.8 Å². The van der Waals surface area contributed by atoms with Gasteiger partial charge in [0.15, 0.2) is 0 Å². The van der Waals surface area contributed by atoms with Crippen LogP contribution >= 0.6 is 0 Å². The lowest BCUT2D eigenvalue weighted by molar-refractivity contribution is 0.500. The third-order valence-electron chi connectivity index (χ3n) is 1.68. The molecule has 0 aliphatic carbocycles. The molecule has 0 amide bonds. The van der Waals surface area contributed by atoms with Gasteiger partial charge in [0.25, 0.3) is 0 Å². The molecule has 1 saturated heterocycles. The fourth-order valence-corrected chi connectivity index (χ4v) is 2.45. The van der Waals surface area contributed by atoms with Gasteiger partial charge < -0.3 is 4.55 Å². The molecule has 2 heteroatoms. The Morgan fingerprint density at radius 3 is 2.25 bits per heavy atom. The molecule has 0 radical (unpaired) electrons. The highest BCUT2D eigenvalue weighted by molar-refractivity contribution is 7.91. The van der Waals surface area contributed by atoms with Crippen LogP contribution in [0.25, 0.3) is 0 Å². The van der Waals surface area contributed by atoms with Crippen molar-refractivity contribution in [2.75, 3.05) is 11.5 Å². The maximum atomic E-state index is 10.7. The second-order valence-electron chi connectivity index (χ2n) is 2.53. The first-order valence-corrected chi connectivity index (χ1v) is 4.63. The minimum Gasteiger partial charge on any atom is -0.616 e. The SMILES string of the molecule is C[C@H]1CC[S@@+]([O-])CC1.